The van der Waals surface area contributed by atoms with Crippen molar-refractivity contribution in [3.8, 4) is 11.5 Å². The van der Waals surface area contributed by atoms with Crippen molar-refractivity contribution < 1.29 is 14.3 Å². The highest BCUT2D eigenvalue weighted by Gasteiger charge is 2.15. The molecule has 0 saturated carbocycles. The molecule has 0 aliphatic rings. The predicted octanol–water partition coefficient (Wildman–Crippen LogP) is 3.08. The molecule has 0 atom stereocenters. The van der Waals surface area contributed by atoms with E-state index in [0.29, 0.717) is 11.5 Å². The highest BCUT2D eigenvalue weighted by Crippen LogP contribution is 2.37. The predicted molar refractivity (Wildman–Crippen MR) is 68.3 cm³/mol. The van der Waals surface area contributed by atoms with Gasteiger partial charge in [-0.25, -0.2) is 9.79 Å². The highest BCUT2D eigenvalue weighted by atomic mass is 79.9. The summed E-state index contributed by atoms with van der Waals surface area (Å²) >= 11 is 3.41. The Balaban J connectivity index is 3.25. The fourth-order valence-electron chi connectivity index (χ4n) is 1.37. The van der Waals surface area contributed by atoms with Gasteiger partial charge in [0.25, 0.3) is 0 Å². The molecule has 0 amide bonds. The SMILES string of the molecule is COc1ccc(Br)c(CN=C=O)c1OC(C)C. The molecule has 1 aromatic carbocycles. The quantitative estimate of drug-likeness (QED) is 0.620. The van der Waals surface area contributed by atoms with Gasteiger partial charge >= 0.3 is 0 Å². The third kappa shape index (κ3) is 3.58. The second kappa shape index (κ2) is 6.42. The smallest absolute Gasteiger partial charge is 0.235 e. The lowest BCUT2D eigenvalue weighted by atomic mass is 10.2. The minimum atomic E-state index is 0.0113. The molecule has 0 fully saturated rings. The summed E-state index contributed by atoms with van der Waals surface area (Å²) in [6.07, 6.45) is 1.53. The molecule has 5 heteroatoms. The summed E-state index contributed by atoms with van der Waals surface area (Å²) < 4.78 is 11.8. The van der Waals surface area contributed by atoms with Crippen molar-refractivity contribution in [1.29, 1.82) is 0 Å². The van der Waals surface area contributed by atoms with Gasteiger partial charge in [-0.3, -0.25) is 0 Å². The maximum Gasteiger partial charge on any atom is 0.235 e. The van der Waals surface area contributed by atoms with Crippen LogP contribution in [-0.2, 0) is 11.3 Å². The maximum absolute atomic E-state index is 10.2. The molecule has 1 aromatic rings. The van der Waals surface area contributed by atoms with Crippen LogP contribution in [0, 0.1) is 0 Å². The molecule has 0 heterocycles. The van der Waals surface area contributed by atoms with E-state index in [1.54, 1.807) is 13.2 Å². The zero-order chi connectivity index (χ0) is 12.8. The third-order valence-corrected chi connectivity index (χ3v) is 2.79. The van der Waals surface area contributed by atoms with E-state index in [4.69, 9.17) is 9.47 Å². The fraction of sp³-hybridized carbons (Fsp3) is 0.417. The van der Waals surface area contributed by atoms with Crippen LogP contribution in [0.1, 0.15) is 19.4 Å². The molecule has 0 radical (unpaired) electrons. The Morgan fingerprint density at radius 1 is 1.47 bits per heavy atom. The number of aliphatic imine (C=N–C) groups is 1. The van der Waals surface area contributed by atoms with Gasteiger partial charge in [0.15, 0.2) is 11.5 Å². The van der Waals surface area contributed by atoms with Crippen molar-refractivity contribution in [3.63, 3.8) is 0 Å². The lowest BCUT2D eigenvalue weighted by Crippen LogP contribution is -2.09. The molecule has 92 valence electrons. The van der Waals surface area contributed by atoms with Crippen molar-refractivity contribution in [2.24, 2.45) is 4.99 Å². The van der Waals surface area contributed by atoms with E-state index in [1.807, 2.05) is 19.9 Å². The first-order valence-electron chi connectivity index (χ1n) is 5.15. The Hall–Kier alpha value is -1.32. The fourth-order valence-corrected chi connectivity index (χ4v) is 1.80. The first kappa shape index (κ1) is 13.7. The summed E-state index contributed by atoms with van der Waals surface area (Å²) in [6.45, 7) is 4.06. The minimum Gasteiger partial charge on any atom is -0.493 e. The van der Waals surface area contributed by atoms with Crippen LogP contribution in [0.3, 0.4) is 0 Å². The molecule has 0 spiro atoms. The largest absolute Gasteiger partial charge is 0.493 e. The molecule has 0 unspecified atom stereocenters. The van der Waals surface area contributed by atoms with Crippen LogP contribution in [0.2, 0.25) is 0 Å². The van der Waals surface area contributed by atoms with Gasteiger partial charge in [-0.1, -0.05) is 15.9 Å². The van der Waals surface area contributed by atoms with Crippen molar-refractivity contribution in [2.75, 3.05) is 7.11 Å². The second-order valence-electron chi connectivity index (χ2n) is 3.63. The van der Waals surface area contributed by atoms with E-state index < -0.39 is 0 Å². The number of isocyanates is 1. The van der Waals surface area contributed by atoms with Gasteiger partial charge < -0.3 is 9.47 Å². The average Bonchev–Trinajstić information content (AvgIpc) is 2.28. The molecular formula is C12H14BrNO3. The van der Waals surface area contributed by atoms with Gasteiger partial charge in [0.1, 0.15) is 0 Å². The molecule has 0 aliphatic heterocycles. The molecule has 0 saturated heterocycles. The monoisotopic (exact) mass is 299 g/mol. The number of benzene rings is 1. The summed E-state index contributed by atoms with van der Waals surface area (Å²) in [5.74, 6) is 1.23. The normalized spacial score (nSPS) is 9.94. The van der Waals surface area contributed by atoms with Crippen LogP contribution in [-0.4, -0.2) is 19.3 Å². The molecule has 0 N–H and O–H groups in total. The first-order valence-corrected chi connectivity index (χ1v) is 5.95. The summed E-state index contributed by atoms with van der Waals surface area (Å²) in [4.78, 5) is 13.8. The zero-order valence-corrected chi connectivity index (χ0v) is 11.6. The Morgan fingerprint density at radius 3 is 2.71 bits per heavy atom. The molecular weight excluding hydrogens is 286 g/mol. The topological polar surface area (TPSA) is 47.9 Å². The Labute approximate surface area is 109 Å². The lowest BCUT2D eigenvalue weighted by Gasteiger charge is -2.17. The molecule has 0 aliphatic carbocycles. The number of methoxy groups -OCH3 is 1. The van der Waals surface area contributed by atoms with E-state index in [-0.39, 0.29) is 12.6 Å². The summed E-state index contributed by atoms with van der Waals surface area (Å²) in [7, 11) is 1.57. The number of halogens is 1. The first-order chi connectivity index (χ1) is 8.10. The zero-order valence-electron chi connectivity index (χ0n) is 9.99. The number of carbonyl (C=O) groups excluding carboxylic acids is 1. The van der Waals surface area contributed by atoms with E-state index in [0.717, 1.165) is 10.0 Å². The van der Waals surface area contributed by atoms with Gasteiger partial charge in [0, 0.05) is 10.0 Å². The van der Waals surface area contributed by atoms with Crippen LogP contribution in [0.4, 0.5) is 0 Å². The molecule has 1 rings (SSSR count). The van der Waals surface area contributed by atoms with Crippen LogP contribution in [0.15, 0.2) is 21.6 Å². The van der Waals surface area contributed by atoms with Gasteiger partial charge in [-0.2, -0.15) is 0 Å². The summed E-state index contributed by atoms with van der Waals surface area (Å²) in [5.41, 5.74) is 0.779. The summed E-state index contributed by atoms with van der Waals surface area (Å²) in [6, 6.07) is 3.64. The summed E-state index contributed by atoms with van der Waals surface area (Å²) in [5, 5.41) is 0. The standard InChI is InChI=1S/C12H14BrNO3/c1-8(2)17-12-9(6-14-7-15)10(13)4-5-11(12)16-3/h4-5,8H,6H2,1-3H3. The molecule has 0 bridgehead atoms. The highest BCUT2D eigenvalue weighted by molar-refractivity contribution is 9.10. The van der Waals surface area contributed by atoms with Crippen molar-refractivity contribution in [3.05, 3.63) is 22.2 Å². The lowest BCUT2D eigenvalue weighted by molar-refractivity contribution is 0.227. The van der Waals surface area contributed by atoms with E-state index in [9.17, 15) is 4.79 Å². The Bertz CT molecular complexity index is 440. The number of rotatable bonds is 5. The number of hydrogen-bond donors (Lipinski definition) is 0. The van der Waals surface area contributed by atoms with E-state index in [1.165, 1.54) is 6.08 Å². The van der Waals surface area contributed by atoms with Gasteiger partial charge in [0.05, 0.1) is 19.8 Å². The molecule has 0 aromatic heterocycles. The second-order valence-corrected chi connectivity index (χ2v) is 4.49. The number of hydrogen-bond acceptors (Lipinski definition) is 4. The van der Waals surface area contributed by atoms with Crippen molar-refractivity contribution >= 4 is 22.0 Å². The van der Waals surface area contributed by atoms with Gasteiger partial charge in [-0.05, 0) is 26.0 Å². The minimum absolute atomic E-state index is 0.0113. The van der Waals surface area contributed by atoms with Crippen LogP contribution in [0.5, 0.6) is 11.5 Å². The Morgan fingerprint density at radius 2 is 2.18 bits per heavy atom. The van der Waals surface area contributed by atoms with Gasteiger partial charge in [-0.15, -0.1) is 0 Å². The van der Waals surface area contributed by atoms with Crippen molar-refractivity contribution in [2.45, 2.75) is 26.5 Å². The maximum atomic E-state index is 10.2. The molecule has 4 nitrogen and oxygen atoms in total. The number of ether oxygens (including phenoxy) is 2. The number of nitrogens with zero attached hydrogens (tertiary/aromatic N) is 1. The van der Waals surface area contributed by atoms with E-state index in [2.05, 4.69) is 20.9 Å². The molecule has 17 heavy (non-hydrogen) atoms. The Kier molecular flexibility index (Phi) is 5.19. The van der Waals surface area contributed by atoms with E-state index >= 15 is 0 Å². The average molecular weight is 300 g/mol. The van der Waals surface area contributed by atoms with Crippen LogP contribution >= 0.6 is 15.9 Å². The van der Waals surface area contributed by atoms with Crippen LogP contribution < -0.4 is 9.47 Å². The van der Waals surface area contributed by atoms with Crippen LogP contribution in [0.25, 0.3) is 0 Å². The third-order valence-electron chi connectivity index (χ3n) is 2.04. The van der Waals surface area contributed by atoms with Gasteiger partial charge in [0.2, 0.25) is 6.08 Å². The van der Waals surface area contributed by atoms with Crippen molar-refractivity contribution in [1.82, 2.24) is 0 Å².